The van der Waals surface area contributed by atoms with Crippen LogP contribution in [0.15, 0.2) is 88.4 Å². The smallest absolute Gasteiger partial charge is 0.147 e. The molecular weight excluding hydrogens is 422 g/mol. The monoisotopic (exact) mass is 435 g/mol. The van der Waals surface area contributed by atoms with Crippen LogP contribution in [-0.4, -0.2) is 11.2 Å². The molecular formula is C22H15BrClN3. The van der Waals surface area contributed by atoms with E-state index >= 15 is 0 Å². The van der Waals surface area contributed by atoms with Crippen LogP contribution in [0.1, 0.15) is 5.56 Å². The third-order valence-electron chi connectivity index (χ3n) is 4.12. The van der Waals surface area contributed by atoms with Crippen LogP contribution in [0.5, 0.6) is 0 Å². The standard InChI is InChI=1S/C22H15BrClN3/c23-17-8-6-15(7-9-17)14-25-27-22-13-19(16-4-2-1-3-5-16)20-12-18(24)10-11-21(20)26-22/h1-14H,(H,26,27)/b25-14+. The number of hydrogen-bond acceptors (Lipinski definition) is 3. The highest BCUT2D eigenvalue weighted by molar-refractivity contribution is 9.10. The first-order valence-corrected chi connectivity index (χ1v) is 9.56. The molecule has 0 unspecified atom stereocenters. The van der Waals surface area contributed by atoms with Gasteiger partial charge in [-0.15, -0.1) is 0 Å². The predicted octanol–water partition coefficient (Wildman–Crippen LogP) is 6.76. The van der Waals surface area contributed by atoms with E-state index in [0.717, 1.165) is 32.1 Å². The van der Waals surface area contributed by atoms with Crippen LogP contribution in [-0.2, 0) is 0 Å². The van der Waals surface area contributed by atoms with Crippen molar-refractivity contribution in [2.24, 2.45) is 5.10 Å². The maximum atomic E-state index is 6.21. The second-order valence-corrected chi connectivity index (χ2v) is 7.36. The Morgan fingerprint density at radius 1 is 0.926 bits per heavy atom. The zero-order chi connectivity index (χ0) is 18.6. The summed E-state index contributed by atoms with van der Waals surface area (Å²) in [7, 11) is 0. The minimum atomic E-state index is 0.678. The highest BCUT2D eigenvalue weighted by Gasteiger charge is 2.08. The molecule has 0 aliphatic heterocycles. The lowest BCUT2D eigenvalue weighted by Gasteiger charge is -2.10. The van der Waals surface area contributed by atoms with Crippen LogP contribution in [0.4, 0.5) is 5.82 Å². The van der Waals surface area contributed by atoms with Crippen molar-refractivity contribution < 1.29 is 0 Å². The molecule has 132 valence electrons. The van der Waals surface area contributed by atoms with E-state index in [9.17, 15) is 0 Å². The first-order valence-electron chi connectivity index (χ1n) is 8.39. The molecule has 5 heteroatoms. The quantitative estimate of drug-likeness (QED) is 0.283. The van der Waals surface area contributed by atoms with Crippen molar-refractivity contribution >= 4 is 50.5 Å². The van der Waals surface area contributed by atoms with Crippen LogP contribution in [0.2, 0.25) is 5.02 Å². The van der Waals surface area contributed by atoms with E-state index in [0.29, 0.717) is 10.8 Å². The summed E-state index contributed by atoms with van der Waals surface area (Å²) in [6.07, 6.45) is 1.77. The number of anilines is 1. The lowest BCUT2D eigenvalue weighted by atomic mass is 10.0. The van der Waals surface area contributed by atoms with E-state index in [-0.39, 0.29) is 0 Å². The van der Waals surface area contributed by atoms with Crippen molar-refractivity contribution in [3.63, 3.8) is 0 Å². The van der Waals surface area contributed by atoms with E-state index in [1.54, 1.807) is 6.21 Å². The number of hydrazone groups is 1. The van der Waals surface area contributed by atoms with Gasteiger partial charge < -0.3 is 0 Å². The van der Waals surface area contributed by atoms with Gasteiger partial charge in [0.15, 0.2) is 0 Å². The Balaban J connectivity index is 1.71. The van der Waals surface area contributed by atoms with Gasteiger partial charge in [-0.05, 0) is 53.1 Å². The molecule has 0 saturated heterocycles. The Hall–Kier alpha value is -2.69. The number of nitrogens with one attached hydrogen (secondary N) is 1. The Labute approximate surface area is 170 Å². The molecule has 0 radical (unpaired) electrons. The zero-order valence-electron chi connectivity index (χ0n) is 14.2. The Morgan fingerprint density at radius 2 is 1.70 bits per heavy atom. The first-order chi connectivity index (χ1) is 13.2. The van der Waals surface area contributed by atoms with Crippen molar-refractivity contribution in [1.29, 1.82) is 0 Å². The molecule has 1 N–H and O–H groups in total. The van der Waals surface area contributed by atoms with E-state index < -0.39 is 0 Å². The largest absolute Gasteiger partial charge is 0.261 e. The molecule has 0 saturated carbocycles. The van der Waals surface area contributed by atoms with E-state index in [1.807, 2.05) is 66.7 Å². The fraction of sp³-hybridized carbons (Fsp3) is 0. The zero-order valence-corrected chi connectivity index (χ0v) is 16.6. The molecule has 4 aromatic rings. The number of nitrogens with zero attached hydrogens (tertiary/aromatic N) is 2. The van der Waals surface area contributed by atoms with Gasteiger partial charge in [-0.25, -0.2) is 4.98 Å². The summed E-state index contributed by atoms with van der Waals surface area (Å²) in [5.74, 6) is 0.678. The third-order valence-corrected chi connectivity index (χ3v) is 4.88. The van der Waals surface area contributed by atoms with Gasteiger partial charge in [0.25, 0.3) is 0 Å². The van der Waals surface area contributed by atoms with Gasteiger partial charge in [0.05, 0.1) is 11.7 Å². The highest BCUT2D eigenvalue weighted by atomic mass is 79.9. The minimum Gasteiger partial charge on any atom is -0.261 e. The predicted molar refractivity (Wildman–Crippen MR) is 118 cm³/mol. The number of fused-ring (bicyclic) bond motifs is 1. The Bertz CT molecular complexity index is 1110. The summed E-state index contributed by atoms with van der Waals surface area (Å²) in [5, 5.41) is 6.02. The number of benzene rings is 3. The molecule has 0 atom stereocenters. The number of hydrogen-bond donors (Lipinski definition) is 1. The van der Waals surface area contributed by atoms with Crippen LogP contribution < -0.4 is 5.43 Å². The molecule has 4 rings (SSSR count). The summed E-state index contributed by atoms with van der Waals surface area (Å²) in [5.41, 5.74) is 7.07. The number of rotatable bonds is 4. The van der Waals surface area contributed by atoms with Crippen molar-refractivity contribution in [1.82, 2.24) is 4.98 Å². The normalized spacial score (nSPS) is 11.2. The maximum Gasteiger partial charge on any atom is 0.147 e. The fourth-order valence-electron chi connectivity index (χ4n) is 2.83. The second kappa shape index (κ2) is 7.91. The lowest BCUT2D eigenvalue weighted by molar-refractivity contribution is 1.26. The van der Waals surface area contributed by atoms with Crippen LogP contribution >= 0.6 is 27.5 Å². The van der Waals surface area contributed by atoms with Crippen molar-refractivity contribution in [2.75, 3.05) is 5.43 Å². The second-order valence-electron chi connectivity index (χ2n) is 6.00. The van der Waals surface area contributed by atoms with E-state index in [2.05, 4.69) is 43.6 Å². The Morgan fingerprint density at radius 3 is 2.48 bits per heavy atom. The minimum absolute atomic E-state index is 0.678. The summed E-state index contributed by atoms with van der Waals surface area (Å²) in [6.45, 7) is 0. The van der Waals surface area contributed by atoms with E-state index in [1.165, 1.54) is 0 Å². The SMILES string of the molecule is Clc1ccc2nc(N/N=C/c3ccc(Br)cc3)cc(-c3ccccc3)c2c1. The number of aromatic nitrogens is 1. The summed E-state index contributed by atoms with van der Waals surface area (Å²) < 4.78 is 1.04. The fourth-order valence-corrected chi connectivity index (χ4v) is 3.27. The molecule has 1 aromatic heterocycles. The first kappa shape index (κ1) is 17.7. The molecule has 0 spiro atoms. The van der Waals surface area contributed by atoms with Gasteiger partial charge in [0.2, 0.25) is 0 Å². The van der Waals surface area contributed by atoms with Crippen LogP contribution in [0.3, 0.4) is 0 Å². The van der Waals surface area contributed by atoms with Gasteiger partial charge in [0.1, 0.15) is 5.82 Å². The van der Waals surface area contributed by atoms with Gasteiger partial charge in [-0.1, -0.05) is 70.0 Å². The van der Waals surface area contributed by atoms with Gasteiger partial charge in [0, 0.05) is 14.9 Å². The van der Waals surface area contributed by atoms with Gasteiger partial charge >= 0.3 is 0 Å². The summed E-state index contributed by atoms with van der Waals surface area (Å²) >= 11 is 9.64. The van der Waals surface area contributed by atoms with Gasteiger partial charge in [-0.2, -0.15) is 5.10 Å². The van der Waals surface area contributed by atoms with Crippen molar-refractivity contribution in [3.05, 3.63) is 93.9 Å². The molecule has 0 bridgehead atoms. The molecule has 27 heavy (non-hydrogen) atoms. The average Bonchev–Trinajstić information content (AvgIpc) is 2.70. The number of halogens is 2. The highest BCUT2D eigenvalue weighted by Crippen LogP contribution is 2.31. The topological polar surface area (TPSA) is 37.3 Å². The molecule has 3 nitrogen and oxygen atoms in total. The molecule has 1 heterocycles. The molecule has 0 fully saturated rings. The number of pyridine rings is 1. The van der Waals surface area contributed by atoms with E-state index in [4.69, 9.17) is 11.6 Å². The third kappa shape index (κ3) is 4.18. The van der Waals surface area contributed by atoms with Crippen molar-refractivity contribution in [3.8, 4) is 11.1 Å². The molecule has 0 aliphatic carbocycles. The summed E-state index contributed by atoms with van der Waals surface area (Å²) in [4.78, 5) is 4.66. The molecule has 0 amide bonds. The van der Waals surface area contributed by atoms with Crippen LogP contribution in [0, 0.1) is 0 Å². The maximum absolute atomic E-state index is 6.21. The van der Waals surface area contributed by atoms with Gasteiger partial charge in [-0.3, -0.25) is 5.43 Å². The van der Waals surface area contributed by atoms with Crippen LogP contribution in [0.25, 0.3) is 22.0 Å². The molecule has 0 aliphatic rings. The van der Waals surface area contributed by atoms with Crippen molar-refractivity contribution in [2.45, 2.75) is 0 Å². The summed E-state index contributed by atoms with van der Waals surface area (Å²) in [6, 6.07) is 25.8. The Kier molecular flexibility index (Phi) is 5.19. The molecule has 3 aromatic carbocycles. The average molecular weight is 437 g/mol. The lowest BCUT2D eigenvalue weighted by Crippen LogP contribution is -1.96.